The Hall–Kier alpha value is -1.90. The maximum atomic E-state index is 12.1. The van der Waals surface area contributed by atoms with Crippen LogP contribution in [-0.4, -0.2) is 9.97 Å². The van der Waals surface area contributed by atoms with E-state index in [-0.39, 0.29) is 5.56 Å². The van der Waals surface area contributed by atoms with Crippen molar-refractivity contribution in [3.05, 3.63) is 62.8 Å². The average molecular weight is 256 g/mol. The molecule has 0 unspecified atom stereocenters. The first-order valence-corrected chi connectivity index (χ1v) is 6.74. The summed E-state index contributed by atoms with van der Waals surface area (Å²) in [6.07, 6.45) is 2.45. The van der Waals surface area contributed by atoms with E-state index in [1.807, 2.05) is 19.1 Å². The zero-order valence-electron chi connectivity index (χ0n) is 11.8. The van der Waals surface area contributed by atoms with Crippen molar-refractivity contribution in [3.63, 3.8) is 0 Å². The van der Waals surface area contributed by atoms with E-state index < -0.39 is 0 Å². The van der Waals surface area contributed by atoms with Crippen molar-refractivity contribution >= 4 is 0 Å². The molecule has 0 bridgehead atoms. The molecule has 0 amide bonds. The summed E-state index contributed by atoms with van der Waals surface area (Å²) in [6, 6.07) is 8.24. The fraction of sp³-hybridized carbons (Fsp3) is 0.375. The van der Waals surface area contributed by atoms with Gasteiger partial charge in [0.15, 0.2) is 0 Å². The molecule has 2 aromatic rings. The molecule has 3 nitrogen and oxygen atoms in total. The van der Waals surface area contributed by atoms with Gasteiger partial charge >= 0.3 is 0 Å². The Morgan fingerprint density at radius 1 is 1.26 bits per heavy atom. The van der Waals surface area contributed by atoms with Gasteiger partial charge in [-0.05, 0) is 25.8 Å². The number of hydrogen-bond acceptors (Lipinski definition) is 2. The van der Waals surface area contributed by atoms with Gasteiger partial charge in [0.2, 0.25) is 0 Å². The van der Waals surface area contributed by atoms with Gasteiger partial charge in [0, 0.05) is 24.1 Å². The largest absolute Gasteiger partial charge is 0.310 e. The molecule has 0 aliphatic heterocycles. The maximum Gasteiger partial charge on any atom is 0.254 e. The Morgan fingerprint density at radius 2 is 2.05 bits per heavy atom. The number of aryl methyl sites for hydroxylation is 3. The van der Waals surface area contributed by atoms with Gasteiger partial charge in [-0.2, -0.15) is 0 Å². The van der Waals surface area contributed by atoms with Crippen molar-refractivity contribution in [1.29, 1.82) is 0 Å². The average Bonchev–Trinajstić information content (AvgIpc) is 2.34. The summed E-state index contributed by atoms with van der Waals surface area (Å²) in [6.45, 7) is 6.05. The minimum atomic E-state index is -0.00236. The normalized spacial score (nSPS) is 10.7. The van der Waals surface area contributed by atoms with Gasteiger partial charge in [-0.1, -0.05) is 36.8 Å². The molecule has 100 valence electrons. The third-order valence-electron chi connectivity index (χ3n) is 3.22. The first-order valence-electron chi connectivity index (χ1n) is 6.74. The van der Waals surface area contributed by atoms with Gasteiger partial charge in [0.1, 0.15) is 5.82 Å². The molecule has 0 radical (unpaired) electrons. The number of nitrogens with zero attached hydrogens (tertiary/aromatic N) is 1. The summed E-state index contributed by atoms with van der Waals surface area (Å²) in [5.74, 6) is 0.790. The number of H-pyrrole nitrogens is 1. The Bertz CT molecular complexity index is 629. The van der Waals surface area contributed by atoms with Crippen LogP contribution < -0.4 is 5.56 Å². The van der Waals surface area contributed by atoms with Crippen molar-refractivity contribution in [1.82, 2.24) is 9.97 Å². The third kappa shape index (κ3) is 3.31. The van der Waals surface area contributed by atoms with E-state index >= 15 is 0 Å². The van der Waals surface area contributed by atoms with Gasteiger partial charge in [-0.15, -0.1) is 0 Å². The highest BCUT2D eigenvalue weighted by molar-refractivity contribution is 5.29. The molecule has 1 aromatic carbocycles. The fourth-order valence-electron chi connectivity index (χ4n) is 2.26. The zero-order valence-corrected chi connectivity index (χ0v) is 11.8. The second kappa shape index (κ2) is 5.83. The number of rotatable bonds is 4. The molecule has 0 saturated carbocycles. The minimum Gasteiger partial charge on any atom is -0.310 e. The standard InChI is InChI=1S/C16H20N2O/c1-4-6-15-17-12(3)14(16(19)18-15)10-13-8-5-7-11(2)9-13/h5,7-9H,4,6,10H2,1-3H3,(H,17,18,19). The second-order valence-electron chi connectivity index (χ2n) is 4.99. The smallest absolute Gasteiger partial charge is 0.254 e. The molecule has 3 heteroatoms. The molecule has 0 aliphatic rings. The fourth-order valence-corrected chi connectivity index (χ4v) is 2.26. The number of aromatic nitrogens is 2. The molecule has 0 spiro atoms. The Labute approximate surface area is 113 Å². The van der Waals surface area contributed by atoms with Crippen LogP contribution in [0.4, 0.5) is 0 Å². The predicted molar refractivity (Wildman–Crippen MR) is 77.6 cm³/mol. The maximum absolute atomic E-state index is 12.1. The zero-order chi connectivity index (χ0) is 13.8. The lowest BCUT2D eigenvalue weighted by Crippen LogP contribution is -2.19. The van der Waals surface area contributed by atoms with E-state index in [2.05, 4.69) is 35.9 Å². The number of aromatic amines is 1. The summed E-state index contributed by atoms with van der Waals surface area (Å²) < 4.78 is 0. The molecule has 1 aromatic heterocycles. The summed E-state index contributed by atoms with van der Waals surface area (Å²) in [5, 5.41) is 0. The Morgan fingerprint density at radius 3 is 2.68 bits per heavy atom. The molecule has 0 saturated heterocycles. The van der Waals surface area contributed by atoms with Gasteiger partial charge in [0.25, 0.3) is 5.56 Å². The van der Waals surface area contributed by atoms with Crippen LogP contribution in [0.2, 0.25) is 0 Å². The monoisotopic (exact) mass is 256 g/mol. The lowest BCUT2D eigenvalue weighted by Gasteiger charge is -2.07. The van der Waals surface area contributed by atoms with Gasteiger partial charge in [0.05, 0.1) is 0 Å². The van der Waals surface area contributed by atoms with Crippen LogP contribution in [0.5, 0.6) is 0 Å². The van der Waals surface area contributed by atoms with E-state index in [1.165, 1.54) is 5.56 Å². The highest BCUT2D eigenvalue weighted by Crippen LogP contribution is 2.11. The number of benzene rings is 1. The molecule has 2 rings (SSSR count). The number of hydrogen-bond donors (Lipinski definition) is 1. The van der Waals surface area contributed by atoms with Crippen LogP contribution in [0.25, 0.3) is 0 Å². The summed E-state index contributed by atoms with van der Waals surface area (Å²) in [4.78, 5) is 19.5. The van der Waals surface area contributed by atoms with E-state index in [0.29, 0.717) is 6.42 Å². The molecular formula is C16H20N2O. The van der Waals surface area contributed by atoms with Crippen molar-refractivity contribution in [2.75, 3.05) is 0 Å². The number of nitrogens with one attached hydrogen (secondary N) is 1. The lowest BCUT2D eigenvalue weighted by atomic mass is 10.0. The quantitative estimate of drug-likeness (QED) is 0.914. The molecule has 1 N–H and O–H groups in total. The van der Waals surface area contributed by atoms with Gasteiger partial charge in [-0.25, -0.2) is 4.98 Å². The highest BCUT2D eigenvalue weighted by Gasteiger charge is 2.08. The molecule has 19 heavy (non-hydrogen) atoms. The second-order valence-corrected chi connectivity index (χ2v) is 4.99. The van der Waals surface area contributed by atoms with E-state index in [0.717, 1.165) is 35.5 Å². The molecule has 0 aliphatic carbocycles. The van der Waals surface area contributed by atoms with Crippen LogP contribution in [-0.2, 0) is 12.8 Å². The van der Waals surface area contributed by atoms with Crippen LogP contribution in [0.3, 0.4) is 0 Å². The SMILES string of the molecule is CCCc1nc(C)c(Cc2cccc(C)c2)c(=O)[nH]1. The first kappa shape index (κ1) is 13.5. The van der Waals surface area contributed by atoms with Crippen LogP contribution in [0, 0.1) is 13.8 Å². The van der Waals surface area contributed by atoms with Crippen molar-refractivity contribution in [2.24, 2.45) is 0 Å². The van der Waals surface area contributed by atoms with Gasteiger partial charge in [-0.3, -0.25) is 4.79 Å². The lowest BCUT2D eigenvalue weighted by molar-refractivity contribution is 0.803. The predicted octanol–water partition coefficient (Wildman–Crippen LogP) is 2.93. The summed E-state index contributed by atoms with van der Waals surface area (Å²) >= 11 is 0. The van der Waals surface area contributed by atoms with Crippen molar-refractivity contribution in [3.8, 4) is 0 Å². The van der Waals surface area contributed by atoms with E-state index in [4.69, 9.17) is 0 Å². The first-order chi connectivity index (χ1) is 9.10. The molecular weight excluding hydrogens is 236 g/mol. The molecule has 1 heterocycles. The van der Waals surface area contributed by atoms with Crippen LogP contribution in [0.15, 0.2) is 29.1 Å². The van der Waals surface area contributed by atoms with E-state index in [9.17, 15) is 4.79 Å². The van der Waals surface area contributed by atoms with Crippen LogP contribution >= 0.6 is 0 Å². The molecule has 0 fully saturated rings. The minimum absolute atomic E-state index is 0.00236. The summed E-state index contributed by atoms with van der Waals surface area (Å²) in [5.41, 5.74) is 3.97. The summed E-state index contributed by atoms with van der Waals surface area (Å²) in [7, 11) is 0. The Kier molecular flexibility index (Phi) is 4.15. The third-order valence-corrected chi connectivity index (χ3v) is 3.22. The molecule has 0 atom stereocenters. The highest BCUT2D eigenvalue weighted by atomic mass is 16.1. The van der Waals surface area contributed by atoms with Crippen LogP contribution in [0.1, 0.15) is 41.6 Å². The van der Waals surface area contributed by atoms with Crippen molar-refractivity contribution < 1.29 is 0 Å². The van der Waals surface area contributed by atoms with Crippen molar-refractivity contribution in [2.45, 2.75) is 40.0 Å². The Balaban J connectivity index is 2.33. The van der Waals surface area contributed by atoms with E-state index in [1.54, 1.807) is 0 Å². The van der Waals surface area contributed by atoms with Gasteiger partial charge < -0.3 is 4.98 Å². The topological polar surface area (TPSA) is 45.8 Å².